The molecule has 2 heterocycles. The second kappa shape index (κ2) is 5.22. The lowest BCUT2D eigenvalue weighted by Crippen LogP contribution is -2.13. The molecule has 0 aliphatic rings. The molecule has 0 radical (unpaired) electrons. The first-order valence-electron chi connectivity index (χ1n) is 5.73. The Morgan fingerprint density at radius 3 is 2.95 bits per heavy atom. The van der Waals surface area contributed by atoms with E-state index in [-0.39, 0.29) is 5.84 Å². The van der Waals surface area contributed by atoms with Crippen molar-refractivity contribution in [2.24, 2.45) is 10.9 Å². The van der Waals surface area contributed by atoms with Crippen LogP contribution in [0.25, 0.3) is 11.1 Å². The molecule has 0 aliphatic carbocycles. The first kappa shape index (κ1) is 12.5. The smallest absolute Gasteiger partial charge is 0.263 e. The number of nitrogens with zero attached hydrogens (tertiary/aromatic N) is 3. The van der Waals surface area contributed by atoms with Crippen molar-refractivity contribution < 1.29 is 9.62 Å². The molecule has 0 saturated carbocycles. The number of rotatable bonds is 3. The molecule has 0 spiro atoms. The van der Waals surface area contributed by atoms with E-state index in [0.717, 1.165) is 11.1 Å². The van der Waals surface area contributed by atoms with E-state index in [9.17, 15) is 0 Å². The molecule has 3 aromatic rings. The highest BCUT2D eigenvalue weighted by molar-refractivity contribution is 7.99. The fraction of sp³-hybridized carbons (Fsp3) is 0. The molecule has 20 heavy (non-hydrogen) atoms. The van der Waals surface area contributed by atoms with Gasteiger partial charge in [-0.25, -0.2) is 9.97 Å². The number of hydrogen-bond donors (Lipinski definition) is 2. The van der Waals surface area contributed by atoms with Crippen LogP contribution in [-0.4, -0.2) is 21.0 Å². The molecule has 0 unspecified atom stereocenters. The molecule has 0 bridgehead atoms. The summed E-state index contributed by atoms with van der Waals surface area (Å²) in [5.41, 5.74) is 7.64. The maximum absolute atomic E-state index is 8.67. The van der Waals surface area contributed by atoms with Gasteiger partial charge in [0.2, 0.25) is 0 Å². The fourth-order valence-corrected chi connectivity index (χ4v) is 2.42. The molecule has 0 saturated heterocycles. The second-order valence-electron chi connectivity index (χ2n) is 3.92. The molecule has 1 aromatic carbocycles. The van der Waals surface area contributed by atoms with E-state index in [4.69, 9.17) is 15.4 Å². The number of oxime groups is 1. The zero-order chi connectivity index (χ0) is 13.9. The molecule has 3 rings (SSSR count). The van der Waals surface area contributed by atoms with E-state index >= 15 is 0 Å². The lowest BCUT2D eigenvalue weighted by Gasteiger charge is -2.00. The summed E-state index contributed by atoms with van der Waals surface area (Å²) in [6, 6.07) is 10.9. The van der Waals surface area contributed by atoms with Crippen molar-refractivity contribution in [3.63, 3.8) is 0 Å². The zero-order valence-electron chi connectivity index (χ0n) is 10.2. The largest absolute Gasteiger partial charge is 0.431 e. The van der Waals surface area contributed by atoms with E-state index in [1.54, 1.807) is 18.3 Å². The third-order valence-corrected chi connectivity index (χ3v) is 3.39. The van der Waals surface area contributed by atoms with Crippen LogP contribution in [0.1, 0.15) is 5.56 Å². The van der Waals surface area contributed by atoms with Crippen LogP contribution in [0.3, 0.4) is 0 Å². The minimum absolute atomic E-state index is 0.0341. The summed E-state index contributed by atoms with van der Waals surface area (Å²) >= 11 is 1.27. The Bertz CT molecular complexity index is 752. The molecule has 6 nitrogen and oxygen atoms in total. The summed E-state index contributed by atoms with van der Waals surface area (Å²) in [5, 5.41) is 12.8. The SMILES string of the molecule is N/C(=N\O)c1ccnc(Sc2nc3ccccc3o2)c1. The van der Waals surface area contributed by atoms with Gasteiger partial charge in [-0.05, 0) is 36.0 Å². The number of para-hydroxylation sites is 2. The molecular formula is C13H10N4O2S. The quantitative estimate of drug-likeness (QED) is 0.332. The zero-order valence-corrected chi connectivity index (χ0v) is 11.0. The number of fused-ring (bicyclic) bond motifs is 1. The first-order chi connectivity index (χ1) is 9.76. The number of hydrogen-bond acceptors (Lipinski definition) is 6. The van der Waals surface area contributed by atoms with Crippen molar-refractivity contribution >= 4 is 28.7 Å². The molecule has 100 valence electrons. The van der Waals surface area contributed by atoms with Gasteiger partial charge in [0.05, 0.1) is 0 Å². The normalized spacial score (nSPS) is 11.9. The number of benzene rings is 1. The van der Waals surface area contributed by atoms with Gasteiger partial charge in [0.1, 0.15) is 10.5 Å². The number of nitrogens with two attached hydrogens (primary N) is 1. The van der Waals surface area contributed by atoms with Gasteiger partial charge in [-0.2, -0.15) is 0 Å². The molecule has 2 aromatic heterocycles. The highest BCUT2D eigenvalue weighted by Crippen LogP contribution is 2.28. The van der Waals surface area contributed by atoms with Crippen molar-refractivity contribution in [2.75, 3.05) is 0 Å². The second-order valence-corrected chi connectivity index (χ2v) is 4.89. The lowest BCUT2D eigenvalue weighted by atomic mass is 10.2. The van der Waals surface area contributed by atoms with Gasteiger partial charge in [0, 0.05) is 11.8 Å². The van der Waals surface area contributed by atoms with E-state index in [0.29, 0.717) is 15.8 Å². The van der Waals surface area contributed by atoms with Gasteiger partial charge in [-0.3, -0.25) is 0 Å². The maximum Gasteiger partial charge on any atom is 0.263 e. The van der Waals surface area contributed by atoms with Crippen molar-refractivity contribution in [3.8, 4) is 0 Å². The average Bonchev–Trinajstić information content (AvgIpc) is 2.88. The molecular weight excluding hydrogens is 276 g/mol. The van der Waals surface area contributed by atoms with Gasteiger partial charge < -0.3 is 15.4 Å². The Labute approximate surface area is 118 Å². The number of pyridine rings is 1. The average molecular weight is 286 g/mol. The number of aromatic nitrogens is 2. The highest BCUT2D eigenvalue weighted by Gasteiger charge is 2.09. The fourth-order valence-electron chi connectivity index (χ4n) is 1.67. The third kappa shape index (κ3) is 2.43. The van der Waals surface area contributed by atoms with E-state index < -0.39 is 0 Å². The highest BCUT2D eigenvalue weighted by atomic mass is 32.2. The minimum atomic E-state index is 0.0341. The summed E-state index contributed by atoms with van der Waals surface area (Å²) in [6.07, 6.45) is 1.58. The van der Waals surface area contributed by atoms with E-state index in [1.165, 1.54) is 11.8 Å². The van der Waals surface area contributed by atoms with E-state index in [2.05, 4.69) is 15.1 Å². The topological polar surface area (TPSA) is 97.5 Å². The van der Waals surface area contributed by atoms with Crippen molar-refractivity contribution in [1.82, 2.24) is 9.97 Å². The summed E-state index contributed by atoms with van der Waals surface area (Å²) in [7, 11) is 0. The van der Waals surface area contributed by atoms with Crippen LogP contribution in [0.5, 0.6) is 0 Å². The van der Waals surface area contributed by atoms with Crippen molar-refractivity contribution in [3.05, 3.63) is 48.2 Å². The molecule has 0 amide bonds. The van der Waals surface area contributed by atoms with Crippen LogP contribution < -0.4 is 5.73 Å². The summed E-state index contributed by atoms with van der Waals surface area (Å²) in [4.78, 5) is 8.54. The van der Waals surface area contributed by atoms with Crippen LogP contribution in [-0.2, 0) is 0 Å². The Balaban J connectivity index is 1.90. The van der Waals surface area contributed by atoms with Gasteiger partial charge in [0.25, 0.3) is 5.22 Å². The molecule has 3 N–H and O–H groups in total. The van der Waals surface area contributed by atoms with Crippen molar-refractivity contribution in [1.29, 1.82) is 0 Å². The monoisotopic (exact) mass is 286 g/mol. The van der Waals surface area contributed by atoms with Crippen LogP contribution in [0.2, 0.25) is 0 Å². The lowest BCUT2D eigenvalue weighted by molar-refractivity contribution is 0.318. The van der Waals surface area contributed by atoms with Gasteiger partial charge in [0.15, 0.2) is 11.4 Å². The number of oxazole rings is 1. The molecule has 0 aliphatic heterocycles. The third-order valence-electron chi connectivity index (χ3n) is 2.60. The number of amidine groups is 1. The van der Waals surface area contributed by atoms with Gasteiger partial charge in [-0.1, -0.05) is 17.3 Å². The predicted molar refractivity (Wildman–Crippen MR) is 74.9 cm³/mol. The Morgan fingerprint density at radius 1 is 1.30 bits per heavy atom. The van der Waals surface area contributed by atoms with Crippen LogP contribution >= 0.6 is 11.8 Å². The van der Waals surface area contributed by atoms with Crippen LogP contribution in [0, 0.1) is 0 Å². The molecule has 0 atom stereocenters. The summed E-state index contributed by atoms with van der Waals surface area (Å²) < 4.78 is 5.60. The summed E-state index contributed by atoms with van der Waals surface area (Å²) in [5.74, 6) is 0.0341. The molecule has 0 fully saturated rings. The standard InChI is InChI=1S/C13H10N4O2S/c14-12(17-18)8-5-6-15-11(7-8)20-13-16-9-3-1-2-4-10(9)19-13/h1-7,18H,(H2,14,17). The maximum atomic E-state index is 8.67. The van der Waals surface area contributed by atoms with Crippen LogP contribution in [0.4, 0.5) is 0 Å². The van der Waals surface area contributed by atoms with Crippen LogP contribution in [0.15, 0.2) is 62.4 Å². The Kier molecular flexibility index (Phi) is 3.26. The summed E-state index contributed by atoms with van der Waals surface area (Å²) in [6.45, 7) is 0. The van der Waals surface area contributed by atoms with Gasteiger partial charge >= 0.3 is 0 Å². The predicted octanol–water partition coefficient (Wildman–Crippen LogP) is 2.47. The first-order valence-corrected chi connectivity index (χ1v) is 6.55. The van der Waals surface area contributed by atoms with Gasteiger partial charge in [-0.15, -0.1) is 0 Å². The van der Waals surface area contributed by atoms with E-state index in [1.807, 2.05) is 24.3 Å². The minimum Gasteiger partial charge on any atom is -0.431 e. The van der Waals surface area contributed by atoms with Crippen molar-refractivity contribution in [2.45, 2.75) is 10.2 Å². The molecule has 7 heteroatoms. The Morgan fingerprint density at radius 2 is 2.15 bits per heavy atom. The Hall–Kier alpha value is -2.54.